The van der Waals surface area contributed by atoms with Crippen molar-refractivity contribution in [3.63, 3.8) is 0 Å². The maximum absolute atomic E-state index is 13.1. The van der Waals surface area contributed by atoms with Crippen LogP contribution in [0.3, 0.4) is 0 Å². The molecule has 0 aliphatic heterocycles. The standard InChI is InChI=1S/C16H10FN3OS/c17-11-4-1-9(2-5-11)14-15(21-8-19-14)10-3-6-12-13(7-10)22-16(18)20-12/h1-8H,(H2,18,20). The van der Waals surface area contributed by atoms with Crippen molar-refractivity contribution in [2.45, 2.75) is 0 Å². The van der Waals surface area contributed by atoms with Crippen LogP contribution in [-0.2, 0) is 0 Å². The number of hydrogen-bond acceptors (Lipinski definition) is 5. The number of anilines is 1. The molecule has 0 fully saturated rings. The Morgan fingerprint density at radius 2 is 1.82 bits per heavy atom. The van der Waals surface area contributed by atoms with Gasteiger partial charge in [-0.2, -0.15) is 0 Å². The van der Waals surface area contributed by atoms with Gasteiger partial charge in [0, 0.05) is 11.1 Å². The second-order valence-electron chi connectivity index (χ2n) is 4.77. The summed E-state index contributed by atoms with van der Waals surface area (Å²) in [5.41, 5.74) is 8.95. The van der Waals surface area contributed by atoms with E-state index >= 15 is 0 Å². The Morgan fingerprint density at radius 3 is 2.64 bits per heavy atom. The van der Waals surface area contributed by atoms with Gasteiger partial charge >= 0.3 is 0 Å². The Kier molecular flexibility index (Phi) is 2.90. The van der Waals surface area contributed by atoms with E-state index in [-0.39, 0.29) is 5.82 Å². The number of nitrogens with two attached hydrogens (primary N) is 1. The Bertz CT molecular complexity index is 959. The molecule has 0 saturated heterocycles. The summed E-state index contributed by atoms with van der Waals surface area (Å²) in [6.07, 6.45) is 1.39. The summed E-state index contributed by atoms with van der Waals surface area (Å²) < 4.78 is 19.6. The van der Waals surface area contributed by atoms with Gasteiger partial charge in [0.1, 0.15) is 11.5 Å². The molecule has 6 heteroatoms. The van der Waals surface area contributed by atoms with E-state index in [1.54, 1.807) is 12.1 Å². The van der Waals surface area contributed by atoms with E-state index in [1.165, 1.54) is 29.9 Å². The van der Waals surface area contributed by atoms with Crippen molar-refractivity contribution < 1.29 is 8.81 Å². The summed E-state index contributed by atoms with van der Waals surface area (Å²) in [7, 11) is 0. The molecule has 108 valence electrons. The summed E-state index contributed by atoms with van der Waals surface area (Å²) >= 11 is 1.42. The lowest BCUT2D eigenvalue weighted by Gasteiger charge is -2.02. The summed E-state index contributed by atoms with van der Waals surface area (Å²) in [4.78, 5) is 8.49. The molecule has 0 amide bonds. The fourth-order valence-corrected chi connectivity index (χ4v) is 3.12. The van der Waals surface area contributed by atoms with E-state index in [4.69, 9.17) is 10.2 Å². The van der Waals surface area contributed by atoms with Crippen molar-refractivity contribution >= 4 is 26.7 Å². The van der Waals surface area contributed by atoms with Crippen molar-refractivity contribution in [3.05, 3.63) is 54.7 Å². The van der Waals surface area contributed by atoms with Crippen LogP contribution in [0.1, 0.15) is 0 Å². The zero-order valence-electron chi connectivity index (χ0n) is 11.3. The fourth-order valence-electron chi connectivity index (χ4n) is 2.35. The van der Waals surface area contributed by atoms with Crippen LogP contribution in [0.4, 0.5) is 9.52 Å². The van der Waals surface area contributed by atoms with Crippen LogP contribution in [-0.4, -0.2) is 9.97 Å². The van der Waals surface area contributed by atoms with Crippen LogP contribution in [0.15, 0.2) is 53.3 Å². The summed E-state index contributed by atoms with van der Waals surface area (Å²) in [5.74, 6) is 0.357. The third-order valence-corrected chi connectivity index (χ3v) is 4.20. The summed E-state index contributed by atoms with van der Waals surface area (Å²) in [6, 6.07) is 11.9. The average molecular weight is 311 g/mol. The number of nitrogen functional groups attached to an aromatic ring is 1. The highest BCUT2D eigenvalue weighted by atomic mass is 32.1. The molecule has 4 aromatic rings. The van der Waals surface area contributed by atoms with E-state index < -0.39 is 0 Å². The lowest BCUT2D eigenvalue weighted by Crippen LogP contribution is -1.83. The van der Waals surface area contributed by atoms with Crippen molar-refractivity contribution in [1.82, 2.24) is 9.97 Å². The number of oxazole rings is 1. The van der Waals surface area contributed by atoms with Gasteiger partial charge in [-0.1, -0.05) is 11.3 Å². The molecule has 22 heavy (non-hydrogen) atoms. The van der Waals surface area contributed by atoms with Crippen molar-refractivity contribution in [3.8, 4) is 22.6 Å². The molecule has 0 radical (unpaired) electrons. The molecule has 0 aliphatic rings. The maximum Gasteiger partial charge on any atom is 0.182 e. The van der Waals surface area contributed by atoms with Crippen LogP contribution in [0.25, 0.3) is 32.8 Å². The topological polar surface area (TPSA) is 64.9 Å². The zero-order chi connectivity index (χ0) is 15.1. The molecule has 0 bridgehead atoms. The van der Waals surface area contributed by atoms with E-state index in [0.29, 0.717) is 16.6 Å². The molecule has 2 N–H and O–H groups in total. The molecule has 0 unspecified atom stereocenters. The Labute approximate surface area is 129 Å². The van der Waals surface area contributed by atoms with Gasteiger partial charge in [0.15, 0.2) is 17.3 Å². The molecule has 2 heterocycles. The van der Waals surface area contributed by atoms with Crippen LogP contribution >= 0.6 is 11.3 Å². The average Bonchev–Trinajstić information content (AvgIpc) is 3.12. The second kappa shape index (κ2) is 4.92. The first-order valence-corrected chi connectivity index (χ1v) is 7.38. The minimum atomic E-state index is -0.282. The van der Waals surface area contributed by atoms with E-state index in [0.717, 1.165) is 21.3 Å². The van der Waals surface area contributed by atoms with E-state index in [1.807, 2.05) is 18.2 Å². The van der Waals surface area contributed by atoms with Gasteiger partial charge in [-0.15, -0.1) is 0 Å². The van der Waals surface area contributed by atoms with Crippen LogP contribution in [0.2, 0.25) is 0 Å². The monoisotopic (exact) mass is 311 g/mol. The minimum Gasteiger partial charge on any atom is -0.443 e. The Morgan fingerprint density at radius 1 is 1.05 bits per heavy atom. The number of benzene rings is 2. The van der Waals surface area contributed by atoms with E-state index in [9.17, 15) is 4.39 Å². The molecule has 4 rings (SSSR count). The SMILES string of the molecule is Nc1nc2ccc(-c3ocnc3-c3ccc(F)cc3)cc2s1. The highest BCUT2D eigenvalue weighted by Crippen LogP contribution is 2.34. The molecule has 0 saturated carbocycles. The highest BCUT2D eigenvalue weighted by Gasteiger charge is 2.14. The second-order valence-corrected chi connectivity index (χ2v) is 5.83. The van der Waals surface area contributed by atoms with Crippen LogP contribution in [0, 0.1) is 5.82 Å². The van der Waals surface area contributed by atoms with E-state index in [2.05, 4.69) is 9.97 Å². The molecule has 0 spiro atoms. The lowest BCUT2D eigenvalue weighted by atomic mass is 10.1. The molecule has 0 atom stereocenters. The summed E-state index contributed by atoms with van der Waals surface area (Å²) in [6.45, 7) is 0. The quantitative estimate of drug-likeness (QED) is 0.598. The number of aromatic nitrogens is 2. The summed E-state index contributed by atoms with van der Waals surface area (Å²) in [5, 5.41) is 0.531. The molecule has 2 aromatic carbocycles. The van der Waals surface area contributed by atoms with Crippen LogP contribution < -0.4 is 5.73 Å². The molecule has 0 aliphatic carbocycles. The van der Waals surface area contributed by atoms with Crippen molar-refractivity contribution in [1.29, 1.82) is 0 Å². The van der Waals surface area contributed by atoms with Gasteiger partial charge < -0.3 is 10.2 Å². The third kappa shape index (κ3) is 2.14. The predicted octanol–water partition coefficient (Wildman–Crippen LogP) is 4.34. The van der Waals surface area contributed by atoms with Gasteiger partial charge in [-0.05, 0) is 42.5 Å². The number of halogens is 1. The zero-order valence-corrected chi connectivity index (χ0v) is 12.1. The van der Waals surface area contributed by atoms with Gasteiger partial charge in [0.25, 0.3) is 0 Å². The normalized spacial score (nSPS) is 11.1. The number of fused-ring (bicyclic) bond motifs is 1. The fraction of sp³-hybridized carbons (Fsp3) is 0. The molecule has 2 aromatic heterocycles. The number of nitrogens with zero attached hydrogens (tertiary/aromatic N) is 2. The highest BCUT2D eigenvalue weighted by molar-refractivity contribution is 7.22. The van der Waals surface area contributed by atoms with Crippen molar-refractivity contribution in [2.75, 3.05) is 5.73 Å². The molecular formula is C16H10FN3OS. The molecular weight excluding hydrogens is 301 g/mol. The van der Waals surface area contributed by atoms with Gasteiger partial charge in [-0.25, -0.2) is 14.4 Å². The number of rotatable bonds is 2. The van der Waals surface area contributed by atoms with Crippen molar-refractivity contribution in [2.24, 2.45) is 0 Å². The van der Waals surface area contributed by atoms with Gasteiger partial charge in [0.2, 0.25) is 0 Å². The maximum atomic E-state index is 13.1. The first kappa shape index (κ1) is 13.0. The van der Waals surface area contributed by atoms with Gasteiger partial charge in [-0.3, -0.25) is 0 Å². The Hall–Kier alpha value is -2.73. The van der Waals surface area contributed by atoms with Crippen LogP contribution in [0.5, 0.6) is 0 Å². The smallest absolute Gasteiger partial charge is 0.182 e. The number of thiazole rings is 1. The largest absolute Gasteiger partial charge is 0.443 e. The Balaban J connectivity index is 1.85. The lowest BCUT2D eigenvalue weighted by molar-refractivity contribution is 0.572. The molecule has 4 nitrogen and oxygen atoms in total. The first-order chi connectivity index (χ1) is 10.7. The predicted molar refractivity (Wildman–Crippen MR) is 84.9 cm³/mol. The first-order valence-electron chi connectivity index (χ1n) is 6.56. The third-order valence-electron chi connectivity index (χ3n) is 3.35. The van der Waals surface area contributed by atoms with Gasteiger partial charge in [0.05, 0.1) is 10.2 Å². The minimum absolute atomic E-state index is 0.282. The number of hydrogen-bond donors (Lipinski definition) is 1.